The van der Waals surface area contributed by atoms with E-state index >= 15 is 0 Å². The van der Waals surface area contributed by atoms with Crippen LogP contribution in [-0.4, -0.2) is 34.5 Å². The van der Waals surface area contributed by atoms with Crippen LogP contribution in [0.15, 0.2) is 0 Å². The van der Waals surface area contributed by atoms with Crippen molar-refractivity contribution >= 4 is 34.5 Å². The molecule has 0 heterocycles. The Labute approximate surface area is 42.1 Å². The van der Waals surface area contributed by atoms with E-state index in [0.717, 1.165) is 0 Å². The quantitative estimate of drug-likeness (QED) is 0.410. The van der Waals surface area contributed by atoms with Gasteiger partial charge in [-0.25, -0.2) is 0 Å². The van der Waals surface area contributed by atoms with Gasteiger partial charge in [-0.2, -0.15) is 0 Å². The number of hydrogen-bond acceptors (Lipinski definition) is 2. The van der Waals surface area contributed by atoms with Crippen molar-refractivity contribution < 1.29 is 7.32 Å². The average molecular weight is 178 g/mol. The van der Waals surface area contributed by atoms with E-state index in [0.29, 0.717) is 10.1 Å². The van der Waals surface area contributed by atoms with E-state index in [2.05, 4.69) is 0 Å². The molecule has 0 N–H and O–H groups in total. The van der Waals surface area contributed by atoms with Gasteiger partial charge in [-0.05, 0) is 0 Å². The van der Waals surface area contributed by atoms with Gasteiger partial charge in [0.1, 0.15) is 0 Å². The van der Waals surface area contributed by atoms with Gasteiger partial charge in [-0.3, -0.25) is 0 Å². The van der Waals surface area contributed by atoms with Gasteiger partial charge >= 0.3 is 27.2 Å². The van der Waals surface area contributed by atoms with E-state index in [1.807, 2.05) is 0 Å². The van der Waals surface area contributed by atoms with Gasteiger partial charge in [0.2, 0.25) is 10.1 Å². The van der Waals surface area contributed by atoms with E-state index in [1.54, 1.807) is 0 Å². The van der Waals surface area contributed by atoms with E-state index in [-0.39, 0.29) is 24.4 Å². The molecule has 0 atom stereocenters. The molecule has 0 aromatic heterocycles. The van der Waals surface area contributed by atoms with Gasteiger partial charge in [-0.15, -0.1) is 0 Å². The van der Waals surface area contributed by atoms with E-state index in [1.165, 1.54) is 0 Å². The van der Waals surface area contributed by atoms with Gasteiger partial charge in [0.15, 0.2) is 0 Å². The molecule has 0 aliphatic heterocycles. The Bertz CT molecular complexity index is 8.00. The van der Waals surface area contributed by atoms with Crippen LogP contribution in [0, 0.1) is 0 Å². The fraction of sp³-hybridized carbons (Fsp3) is 0. The Morgan fingerprint density at radius 2 is 1.25 bits per heavy atom. The van der Waals surface area contributed by atoms with Crippen LogP contribution < -0.4 is 0 Å². The third-order valence-electron chi connectivity index (χ3n) is 0. The minimum atomic E-state index is -0.1000. The molecule has 4 heavy (non-hydrogen) atoms. The zero-order chi connectivity index (χ0) is 4.00. The van der Waals surface area contributed by atoms with Crippen molar-refractivity contribution in [1.29, 1.82) is 0 Å². The Morgan fingerprint density at radius 3 is 1.25 bits per heavy atom. The van der Waals surface area contributed by atoms with Crippen LogP contribution in [0.25, 0.3) is 0 Å². The average Bonchev–Trinajstić information content (AvgIpc) is 1.50. The maximum absolute atomic E-state index is 8.42. The van der Waals surface area contributed by atoms with E-state index < -0.39 is 0 Å². The second-order valence-electron chi connectivity index (χ2n) is 0. The summed E-state index contributed by atoms with van der Waals surface area (Å²) in [7, 11) is 0.611. The molecule has 0 saturated carbocycles. The molecule has 0 bridgehead atoms. The van der Waals surface area contributed by atoms with Crippen LogP contribution in [0.4, 0.5) is 0 Å². The van der Waals surface area contributed by atoms with Gasteiger partial charge in [-0.1, -0.05) is 0 Å². The van der Waals surface area contributed by atoms with Crippen molar-refractivity contribution in [3.8, 4) is 0 Å². The Hall–Kier alpha value is 0.687. The fourth-order valence-electron chi connectivity index (χ4n) is 0. The number of rotatable bonds is 0. The van der Waals surface area contributed by atoms with Gasteiger partial charge in [0.25, 0.3) is 0 Å². The van der Waals surface area contributed by atoms with Crippen molar-refractivity contribution in [2.24, 2.45) is 0 Å². The zero-order valence-corrected chi connectivity index (χ0v) is 7.68. The van der Waals surface area contributed by atoms with E-state index in [9.17, 15) is 0 Å². The molecule has 0 saturated heterocycles. The Kier molecular flexibility index (Phi) is 124. The summed E-state index contributed by atoms with van der Waals surface area (Å²) in [4.78, 5) is 0. The van der Waals surface area contributed by atoms with Crippen molar-refractivity contribution in [3.05, 3.63) is 0 Å². The molecular formula is H3InO2Si. The summed E-state index contributed by atoms with van der Waals surface area (Å²) >= 11 is -0.1000. The van der Waals surface area contributed by atoms with Crippen LogP contribution in [0.5, 0.6) is 0 Å². The molecule has 2 nitrogen and oxygen atoms in total. The molecule has 0 aliphatic carbocycles. The van der Waals surface area contributed by atoms with Crippen LogP contribution in [0.2, 0.25) is 0 Å². The monoisotopic (exact) mass is 178 g/mol. The summed E-state index contributed by atoms with van der Waals surface area (Å²) in [6.07, 6.45) is 0. The van der Waals surface area contributed by atoms with Crippen molar-refractivity contribution in [2.45, 2.75) is 0 Å². The predicted molar refractivity (Wildman–Crippen MR) is 17.1 cm³/mol. The minimum absolute atomic E-state index is 0.1000. The Morgan fingerprint density at radius 1 is 1.25 bits per heavy atom. The molecule has 0 aliphatic rings. The Balaban J connectivity index is 0. The fourth-order valence-corrected chi connectivity index (χ4v) is 0. The molecule has 0 spiro atoms. The topological polar surface area (TPSA) is 34.1 Å². The van der Waals surface area contributed by atoms with Crippen LogP contribution >= 0.6 is 0 Å². The first-order chi connectivity index (χ1) is 2.00. The summed E-state index contributed by atoms with van der Waals surface area (Å²) in [5.41, 5.74) is 0. The summed E-state index contributed by atoms with van der Waals surface area (Å²) in [5.74, 6) is 0. The first-order valence-electron chi connectivity index (χ1n) is 0.577. The molecule has 22 valence electrons. The summed E-state index contributed by atoms with van der Waals surface area (Å²) < 4.78 is 16.7. The third kappa shape index (κ3) is 16.2. The second kappa shape index (κ2) is 56.4. The third-order valence-corrected chi connectivity index (χ3v) is 0. The molecule has 0 aromatic carbocycles. The normalized spacial score (nSPS) is 1.75. The first kappa shape index (κ1) is 8.82. The second-order valence-corrected chi connectivity index (χ2v) is 0. The van der Waals surface area contributed by atoms with Crippen molar-refractivity contribution in [2.75, 3.05) is 0 Å². The van der Waals surface area contributed by atoms with Crippen LogP contribution in [0.3, 0.4) is 0 Å². The van der Waals surface area contributed by atoms with E-state index in [4.69, 9.17) is 7.32 Å². The molecule has 0 fully saturated rings. The zero-order valence-electron chi connectivity index (χ0n) is 2.23. The molecule has 0 unspecified atom stereocenters. The molecule has 0 amide bonds. The molecule has 0 radical (unpaired) electrons. The standard InChI is InChI=1S/In.H2OSi.O.H/c;1-2;;/h;2H2;;. The van der Waals surface area contributed by atoms with Crippen LogP contribution in [0.1, 0.15) is 0 Å². The van der Waals surface area contributed by atoms with Gasteiger partial charge in [0, 0.05) is 0 Å². The van der Waals surface area contributed by atoms with Crippen LogP contribution in [-0.2, 0) is 7.32 Å². The van der Waals surface area contributed by atoms with Crippen molar-refractivity contribution in [1.82, 2.24) is 0 Å². The van der Waals surface area contributed by atoms with Gasteiger partial charge in [0.05, 0.1) is 0 Å². The number of hydrogen-bond donors (Lipinski definition) is 0. The van der Waals surface area contributed by atoms with Gasteiger partial charge < -0.3 is 4.46 Å². The first-order valence-corrected chi connectivity index (χ1v) is 2.80. The summed E-state index contributed by atoms with van der Waals surface area (Å²) in [5, 5.41) is 0. The summed E-state index contributed by atoms with van der Waals surface area (Å²) in [6, 6.07) is 0. The maximum atomic E-state index is 8.42. The molecule has 4 heteroatoms. The predicted octanol–water partition coefficient (Wildman–Crippen LogP) is -1.80. The SMILES string of the molecule is O=[SiH2].[O]=[InH]. The molecule has 0 rings (SSSR count). The molecular weight excluding hydrogens is 175 g/mol. The molecule has 0 aromatic rings. The van der Waals surface area contributed by atoms with Crippen molar-refractivity contribution in [3.63, 3.8) is 0 Å². The summed E-state index contributed by atoms with van der Waals surface area (Å²) in [6.45, 7) is 0.